The second-order valence-corrected chi connectivity index (χ2v) is 5.11. The van der Waals surface area contributed by atoms with E-state index >= 15 is 0 Å². The van der Waals surface area contributed by atoms with E-state index in [0.717, 1.165) is 25.5 Å². The molecule has 3 heterocycles. The SMILES string of the molecule is Nc1c(C2CCNCC2)cc2n1CCCC2. The summed E-state index contributed by atoms with van der Waals surface area (Å²) in [6, 6.07) is 2.38. The molecule has 0 spiro atoms. The molecule has 0 aliphatic carbocycles. The van der Waals surface area contributed by atoms with Crippen molar-refractivity contribution in [1.29, 1.82) is 0 Å². The van der Waals surface area contributed by atoms with Crippen LogP contribution in [0.5, 0.6) is 0 Å². The molecule has 0 unspecified atom stereocenters. The fourth-order valence-electron chi connectivity index (χ4n) is 3.15. The summed E-state index contributed by atoms with van der Waals surface area (Å²) in [4.78, 5) is 0. The normalized spacial score (nSPS) is 22.0. The average Bonchev–Trinajstić information content (AvgIpc) is 2.69. The zero-order chi connectivity index (χ0) is 11.0. The van der Waals surface area contributed by atoms with E-state index < -0.39 is 0 Å². The van der Waals surface area contributed by atoms with E-state index in [2.05, 4.69) is 16.0 Å². The Hall–Kier alpha value is -0.960. The molecule has 1 saturated heterocycles. The first-order chi connectivity index (χ1) is 7.86. The zero-order valence-electron chi connectivity index (χ0n) is 9.84. The summed E-state index contributed by atoms with van der Waals surface area (Å²) in [5.41, 5.74) is 9.20. The van der Waals surface area contributed by atoms with Gasteiger partial charge in [-0.2, -0.15) is 0 Å². The number of rotatable bonds is 1. The van der Waals surface area contributed by atoms with Crippen LogP contribution in [0.1, 0.15) is 42.9 Å². The third kappa shape index (κ3) is 1.63. The molecule has 88 valence electrons. The van der Waals surface area contributed by atoms with E-state index in [1.165, 1.54) is 43.4 Å². The smallest absolute Gasteiger partial charge is 0.107 e. The molecule has 0 amide bonds. The Labute approximate surface area is 97.0 Å². The largest absolute Gasteiger partial charge is 0.385 e. The van der Waals surface area contributed by atoms with Crippen molar-refractivity contribution in [3.05, 3.63) is 17.3 Å². The highest BCUT2D eigenvalue weighted by Crippen LogP contribution is 2.34. The van der Waals surface area contributed by atoms with Gasteiger partial charge >= 0.3 is 0 Å². The van der Waals surface area contributed by atoms with Crippen LogP contribution in [-0.2, 0) is 13.0 Å². The average molecular weight is 219 g/mol. The Bertz CT molecular complexity index is 375. The number of aryl methyl sites for hydroxylation is 1. The summed E-state index contributed by atoms with van der Waals surface area (Å²) in [6.07, 6.45) is 6.32. The van der Waals surface area contributed by atoms with E-state index in [4.69, 9.17) is 5.73 Å². The van der Waals surface area contributed by atoms with Gasteiger partial charge in [-0.3, -0.25) is 0 Å². The molecule has 2 aliphatic rings. The lowest BCUT2D eigenvalue weighted by atomic mass is 9.91. The Morgan fingerprint density at radius 2 is 2.06 bits per heavy atom. The molecular weight excluding hydrogens is 198 g/mol. The van der Waals surface area contributed by atoms with Gasteiger partial charge in [0, 0.05) is 12.2 Å². The summed E-state index contributed by atoms with van der Waals surface area (Å²) in [5.74, 6) is 1.75. The van der Waals surface area contributed by atoms with Crippen LogP contribution in [0, 0.1) is 0 Å². The molecule has 0 aromatic carbocycles. The maximum Gasteiger partial charge on any atom is 0.107 e. The molecule has 3 rings (SSSR count). The number of hydrogen-bond acceptors (Lipinski definition) is 2. The fourth-order valence-corrected chi connectivity index (χ4v) is 3.15. The third-order valence-electron chi connectivity index (χ3n) is 4.10. The number of nitrogens with zero attached hydrogens (tertiary/aromatic N) is 1. The van der Waals surface area contributed by atoms with Gasteiger partial charge in [0.1, 0.15) is 5.82 Å². The minimum Gasteiger partial charge on any atom is -0.385 e. The standard InChI is InChI=1S/C13H21N3/c14-13-12(10-4-6-15-7-5-10)9-11-3-1-2-8-16(11)13/h9-10,15H,1-8,14H2. The van der Waals surface area contributed by atoms with Gasteiger partial charge in [0.05, 0.1) is 0 Å². The van der Waals surface area contributed by atoms with E-state index in [-0.39, 0.29) is 0 Å². The maximum absolute atomic E-state index is 6.30. The molecular formula is C13H21N3. The Morgan fingerprint density at radius 3 is 2.81 bits per heavy atom. The van der Waals surface area contributed by atoms with Crippen LogP contribution in [0.25, 0.3) is 0 Å². The van der Waals surface area contributed by atoms with Crippen molar-refractivity contribution in [2.45, 2.75) is 44.6 Å². The topological polar surface area (TPSA) is 43.0 Å². The maximum atomic E-state index is 6.30. The van der Waals surface area contributed by atoms with Gasteiger partial charge in [0.25, 0.3) is 0 Å². The van der Waals surface area contributed by atoms with E-state index in [1.54, 1.807) is 0 Å². The second kappa shape index (κ2) is 4.13. The molecule has 0 saturated carbocycles. The van der Waals surface area contributed by atoms with Crippen molar-refractivity contribution in [1.82, 2.24) is 9.88 Å². The van der Waals surface area contributed by atoms with Crippen LogP contribution >= 0.6 is 0 Å². The molecule has 3 heteroatoms. The minimum absolute atomic E-state index is 0.694. The van der Waals surface area contributed by atoms with Gasteiger partial charge in [-0.25, -0.2) is 0 Å². The summed E-state index contributed by atoms with van der Waals surface area (Å²) >= 11 is 0. The number of hydrogen-bond donors (Lipinski definition) is 2. The molecule has 1 aromatic heterocycles. The number of nitrogen functional groups attached to an aromatic ring is 1. The summed E-state index contributed by atoms with van der Waals surface area (Å²) < 4.78 is 2.35. The molecule has 3 N–H and O–H groups in total. The minimum atomic E-state index is 0.694. The van der Waals surface area contributed by atoms with Gasteiger partial charge in [0.2, 0.25) is 0 Å². The van der Waals surface area contributed by atoms with Crippen LogP contribution in [0.4, 0.5) is 5.82 Å². The van der Waals surface area contributed by atoms with E-state index in [0.29, 0.717) is 5.92 Å². The Balaban J connectivity index is 1.91. The lowest BCUT2D eigenvalue weighted by Crippen LogP contribution is -2.26. The first kappa shape index (κ1) is 10.2. The number of piperidine rings is 1. The van der Waals surface area contributed by atoms with Crippen molar-refractivity contribution in [2.75, 3.05) is 18.8 Å². The van der Waals surface area contributed by atoms with Gasteiger partial charge in [-0.15, -0.1) is 0 Å². The van der Waals surface area contributed by atoms with Gasteiger partial charge in [-0.05, 0) is 62.7 Å². The first-order valence-corrected chi connectivity index (χ1v) is 6.55. The molecule has 3 nitrogen and oxygen atoms in total. The van der Waals surface area contributed by atoms with Crippen LogP contribution in [0.15, 0.2) is 6.07 Å². The number of nitrogens with two attached hydrogens (primary N) is 1. The van der Waals surface area contributed by atoms with Crippen molar-refractivity contribution < 1.29 is 0 Å². The lowest BCUT2D eigenvalue weighted by Gasteiger charge is -2.22. The number of nitrogens with one attached hydrogen (secondary N) is 1. The van der Waals surface area contributed by atoms with E-state index in [1.807, 2.05) is 0 Å². The van der Waals surface area contributed by atoms with Gasteiger partial charge in [-0.1, -0.05) is 0 Å². The predicted molar refractivity (Wildman–Crippen MR) is 66.6 cm³/mol. The highest BCUT2D eigenvalue weighted by molar-refractivity contribution is 5.48. The lowest BCUT2D eigenvalue weighted by molar-refractivity contribution is 0.461. The molecule has 0 radical (unpaired) electrons. The highest BCUT2D eigenvalue weighted by atomic mass is 15.1. The van der Waals surface area contributed by atoms with Crippen LogP contribution in [0.3, 0.4) is 0 Å². The van der Waals surface area contributed by atoms with Crippen molar-refractivity contribution in [2.24, 2.45) is 0 Å². The summed E-state index contributed by atoms with van der Waals surface area (Å²) in [7, 11) is 0. The van der Waals surface area contributed by atoms with Crippen LogP contribution in [-0.4, -0.2) is 17.7 Å². The Morgan fingerprint density at radius 1 is 1.25 bits per heavy atom. The second-order valence-electron chi connectivity index (χ2n) is 5.11. The number of fused-ring (bicyclic) bond motifs is 1. The predicted octanol–water partition coefficient (Wildman–Crippen LogP) is 1.87. The molecule has 0 bridgehead atoms. The van der Waals surface area contributed by atoms with E-state index in [9.17, 15) is 0 Å². The molecule has 0 atom stereocenters. The van der Waals surface area contributed by atoms with Crippen molar-refractivity contribution >= 4 is 5.82 Å². The summed E-state index contributed by atoms with van der Waals surface area (Å²) in [5, 5.41) is 3.42. The zero-order valence-corrected chi connectivity index (χ0v) is 9.84. The number of aromatic nitrogens is 1. The quantitative estimate of drug-likeness (QED) is 0.757. The first-order valence-electron chi connectivity index (χ1n) is 6.55. The van der Waals surface area contributed by atoms with Crippen molar-refractivity contribution in [3.63, 3.8) is 0 Å². The summed E-state index contributed by atoms with van der Waals surface area (Å²) in [6.45, 7) is 3.42. The third-order valence-corrected chi connectivity index (χ3v) is 4.10. The van der Waals surface area contributed by atoms with Gasteiger partial charge < -0.3 is 15.6 Å². The van der Waals surface area contributed by atoms with Crippen molar-refractivity contribution in [3.8, 4) is 0 Å². The molecule has 16 heavy (non-hydrogen) atoms. The monoisotopic (exact) mass is 219 g/mol. The Kier molecular flexibility index (Phi) is 2.64. The van der Waals surface area contributed by atoms with Crippen LogP contribution < -0.4 is 11.1 Å². The number of anilines is 1. The van der Waals surface area contributed by atoms with Crippen LogP contribution in [0.2, 0.25) is 0 Å². The molecule has 1 aromatic rings. The van der Waals surface area contributed by atoms with Gasteiger partial charge in [0.15, 0.2) is 0 Å². The fraction of sp³-hybridized carbons (Fsp3) is 0.692. The molecule has 1 fully saturated rings. The highest BCUT2D eigenvalue weighted by Gasteiger charge is 2.23. The molecule has 2 aliphatic heterocycles.